The Hall–Kier alpha value is -2.30. The molecular formula is C17H23N3O2. The fraction of sp³-hybridized carbons (Fsp3) is 0.412. The molecule has 1 atom stereocenters. The predicted molar refractivity (Wildman–Crippen MR) is 87.1 cm³/mol. The zero-order chi connectivity index (χ0) is 16.1. The van der Waals surface area contributed by atoms with Crippen LogP contribution in [-0.2, 0) is 16.1 Å². The lowest BCUT2D eigenvalue weighted by molar-refractivity contribution is -0.130. The number of amides is 2. The lowest BCUT2D eigenvalue weighted by Gasteiger charge is -2.19. The van der Waals surface area contributed by atoms with Crippen molar-refractivity contribution >= 4 is 22.7 Å². The van der Waals surface area contributed by atoms with E-state index >= 15 is 0 Å². The van der Waals surface area contributed by atoms with Gasteiger partial charge >= 0.3 is 0 Å². The van der Waals surface area contributed by atoms with Crippen LogP contribution in [0.25, 0.3) is 10.9 Å². The summed E-state index contributed by atoms with van der Waals surface area (Å²) in [6.45, 7) is 5.07. The van der Waals surface area contributed by atoms with Gasteiger partial charge in [-0.05, 0) is 23.4 Å². The summed E-state index contributed by atoms with van der Waals surface area (Å²) in [7, 11) is 0. The number of para-hydroxylation sites is 1. The van der Waals surface area contributed by atoms with Gasteiger partial charge in [0.1, 0.15) is 0 Å². The molecule has 0 aliphatic rings. The molecule has 0 saturated heterocycles. The van der Waals surface area contributed by atoms with E-state index in [1.807, 2.05) is 32.2 Å². The summed E-state index contributed by atoms with van der Waals surface area (Å²) in [6, 6.07) is 10.2. The summed E-state index contributed by atoms with van der Waals surface area (Å²) >= 11 is 0. The Labute approximate surface area is 130 Å². The molecule has 2 rings (SSSR count). The van der Waals surface area contributed by atoms with Gasteiger partial charge in [-0.25, -0.2) is 0 Å². The summed E-state index contributed by atoms with van der Waals surface area (Å²) in [5.74, 6) is -0.825. The van der Waals surface area contributed by atoms with Crippen LogP contribution in [0.3, 0.4) is 0 Å². The second-order valence-electron chi connectivity index (χ2n) is 5.88. The van der Waals surface area contributed by atoms with Gasteiger partial charge in [-0.3, -0.25) is 9.59 Å². The van der Waals surface area contributed by atoms with Crippen LogP contribution in [0.1, 0.15) is 20.3 Å². The predicted octanol–water partition coefficient (Wildman–Crippen LogP) is 1.91. The number of nitrogens with two attached hydrogens (primary N) is 1. The highest BCUT2D eigenvalue weighted by molar-refractivity contribution is 5.85. The van der Waals surface area contributed by atoms with E-state index in [0.29, 0.717) is 13.1 Å². The van der Waals surface area contributed by atoms with E-state index in [1.165, 1.54) is 5.39 Å². The number of nitrogens with one attached hydrogen (secondary N) is 1. The molecule has 0 aliphatic carbocycles. The third-order valence-corrected chi connectivity index (χ3v) is 3.89. The molecule has 5 nitrogen and oxygen atoms in total. The molecule has 118 valence electrons. The zero-order valence-corrected chi connectivity index (χ0v) is 13.1. The molecule has 0 aliphatic heterocycles. The van der Waals surface area contributed by atoms with E-state index in [2.05, 4.69) is 28.1 Å². The first kappa shape index (κ1) is 16.1. The van der Waals surface area contributed by atoms with E-state index in [0.717, 1.165) is 5.52 Å². The summed E-state index contributed by atoms with van der Waals surface area (Å²) in [6.07, 6.45) is 2.11. The molecule has 0 spiro atoms. The summed E-state index contributed by atoms with van der Waals surface area (Å²) < 4.78 is 2.11. The molecule has 0 fully saturated rings. The third-order valence-electron chi connectivity index (χ3n) is 3.89. The molecule has 0 saturated carbocycles. The second-order valence-corrected chi connectivity index (χ2v) is 5.88. The number of nitrogens with zero attached hydrogens (tertiary/aromatic N) is 1. The number of aromatic nitrogens is 1. The highest BCUT2D eigenvalue weighted by atomic mass is 16.2. The molecule has 1 heterocycles. The van der Waals surface area contributed by atoms with E-state index in [1.54, 1.807) is 0 Å². The number of rotatable bonds is 7. The van der Waals surface area contributed by atoms with Crippen LogP contribution in [-0.4, -0.2) is 22.9 Å². The van der Waals surface area contributed by atoms with Gasteiger partial charge in [0.15, 0.2) is 0 Å². The van der Waals surface area contributed by atoms with Gasteiger partial charge < -0.3 is 15.6 Å². The van der Waals surface area contributed by atoms with Crippen LogP contribution in [0.4, 0.5) is 0 Å². The van der Waals surface area contributed by atoms with Gasteiger partial charge in [0.2, 0.25) is 11.8 Å². The minimum Gasteiger partial charge on any atom is -0.370 e. The Kier molecular flexibility index (Phi) is 5.20. The summed E-state index contributed by atoms with van der Waals surface area (Å²) in [4.78, 5) is 23.2. The number of hydrogen-bond acceptors (Lipinski definition) is 2. The molecule has 1 unspecified atom stereocenters. The molecule has 0 bridgehead atoms. The smallest absolute Gasteiger partial charge is 0.223 e. The van der Waals surface area contributed by atoms with Gasteiger partial charge in [0, 0.05) is 37.1 Å². The average Bonchev–Trinajstić information content (AvgIpc) is 2.87. The first-order valence-electron chi connectivity index (χ1n) is 7.59. The van der Waals surface area contributed by atoms with E-state index in [-0.39, 0.29) is 24.2 Å². The lowest BCUT2D eigenvalue weighted by atomic mass is 9.91. The normalized spacial score (nSPS) is 12.5. The first-order chi connectivity index (χ1) is 10.5. The van der Waals surface area contributed by atoms with Crippen molar-refractivity contribution < 1.29 is 9.59 Å². The van der Waals surface area contributed by atoms with E-state index < -0.39 is 5.91 Å². The molecule has 2 amide bonds. The molecule has 2 aromatic rings. The molecule has 22 heavy (non-hydrogen) atoms. The fourth-order valence-corrected chi connectivity index (χ4v) is 2.61. The van der Waals surface area contributed by atoms with Crippen LogP contribution < -0.4 is 11.1 Å². The molecule has 1 aromatic carbocycles. The van der Waals surface area contributed by atoms with Gasteiger partial charge in [-0.15, -0.1) is 0 Å². The number of carbonyl (C=O) groups is 2. The minimum atomic E-state index is -0.440. The molecule has 3 N–H and O–H groups in total. The lowest BCUT2D eigenvalue weighted by Crippen LogP contribution is -2.37. The largest absolute Gasteiger partial charge is 0.370 e. The van der Waals surface area contributed by atoms with Crippen molar-refractivity contribution in [3.05, 3.63) is 36.5 Å². The maximum atomic E-state index is 12.2. The topological polar surface area (TPSA) is 77.1 Å². The summed E-state index contributed by atoms with van der Waals surface area (Å²) in [5, 5.41) is 4.09. The number of hydrogen-bond donors (Lipinski definition) is 2. The highest BCUT2D eigenvalue weighted by Gasteiger charge is 2.23. The Morgan fingerprint density at radius 2 is 1.95 bits per heavy atom. The monoisotopic (exact) mass is 301 g/mol. The van der Waals surface area contributed by atoms with Crippen molar-refractivity contribution in [1.29, 1.82) is 0 Å². The highest BCUT2D eigenvalue weighted by Crippen LogP contribution is 2.16. The van der Waals surface area contributed by atoms with Crippen molar-refractivity contribution in [2.45, 2.75) is 26.8 Å². The van der Waals surface area contributed by atoms with Crippen LogP contribution in [0.5, 0.6) is 0 Å². The van der Waals surface area contributed by atoms with Crippen LogP contribution in [0.2, 0.25) is 0 Å². The minimum absolute atomic E-state index is 0.0832. The number of primary amides is 1. The Balaban J connectivity index is 1.92. The van der Waals surface area contributed by atoms with Crippen molar-refractivity contribution in [3.8, 4) is 0 Å². The quantitative estimate of drug-likeness (QED) is 0.819. The maximum Gasteiger partial charge on any atom is 0.223 e. The van der Waals surface area contributed by atoms with Crippen LogP contribution >= 0.6 is 0 Å². The van der Waals surface area contributed by atoms with Gasteiger partial charge in [0.05, 0.1) is 0 Å². The van der Waals surface area contributed by atoms with Gasteiger partial charge in [-0.1, -0.05) is 32.0 Å². The Morgan fingerprint density at radius 1 is 1.23 bits per heavy atom. The standard InChI is InChI=1S/C17H23N3O2/c1-12(2)14(11-16(18)21)17(22)19-8-10-20-9-7-13-5-3-4-6-15(13)20/h3-7,9,12,14H,8,10-11H2,1-2H3,(H2,18,21)(H,19,22). The second kappa shape index (κ2) is 7.11. The van der Waals surface area contributed by atoms with Crippen LogP contribution in [0, 0.1) is 11.8 Å². The molecule has 5 heteroatoms. The van der Waals surface area contributed by atoms with E-state index in [4.69, 9.17) is 5.73 Å². The van der Waals surface area contributed by atoms with Gasteiger partial charge in [0.25, 0.3) is 0 Å². The zero-order valence-electron chi connectivity index (χ0n) is 13.1. The van der Waals surface area contributed by atoms with E-state index in [9.17, 15) is 9.59 Å². The van der Waals surface area contributed by atoms with Crippen molar-refractivity contribution in [2.24, 2.45) is 17.6 Å². The number of benzene rings is 1. The maximum absolute atomic E-state index is 12.2. The average molecular weight is 301 g/mol. The molecule has 1 aromatic heterocycles. The summed E-state index contributed by atoms with van der Waals surface area (Å²) in [5.41, 5.74) is 6.36. The van der Waals surface area contributed by atoms with Crippen LogP contribution in [0.15, 0.2) is 36.5 Å². The number of carbonyl (C=O) groups excluding carboxylic acids is 2. The van der Waals surface area contributed by atoms with Crippen molar-refractivity contribution in [1.82, 2.24) is 9.88 Å². The Morgan fingerprint density at radius 3 is 2.64 bits per heavy atom. The van der Waals surface area contributed by atoms with Crippen molar-refractivity contribution in [2.75, 3.05) is 6.54 Å². The SMILES string of the molecule is CC(C)C(CC(N)=O)C(=O)NCCn1ccc2ccccc21. The van der Waals surface area contributed by atoms with Gasteiger partial charge in [-0.2, -0.15) is 0 Å². The fourth-order valence-electron chi connectivity index (χ4n) is 2.61. The number of fused-ring (bicyclic) bond motifs is 1. The Bertz CT molecular complexity index is 661. The molecular weight excluding hydrogens is 278 g/mol. The van der Waals surface area contributed by atoms with Crippen molar-refractivity contribution in [3.63, 3.8) is 0 Å². The molecule has 0 radical (unpaired) electrons. The third kappa shape index (κ3) is 3.87. The first-order valence-corrected chi connectivity index (χ1v) is 7.59.